The summed E-state index contributed by atoms with van der Waals surface area (Å²) in [6.07, 6.45) is 23.7. The Morgan fingerprint density at radius 2 is 1.24 bits per heavy atom. The molecule has 1 heteroatoms. The lowest BCUT2D eigenvalue weighted by molar-refractivity contribution is 0.0753. The number of hydrogen-bond acceptors (Lipinski definition) is 1. The van der Waals surface area contributed by atoms with Gasteiger partial charge in [-0.3, -0.25) is 0 Å². The van der Waals surface area contributed by atoms with Gasteiger partial charge >= 0.3 is 0 Å². The van der Waals surface area contributed by atoms with Gasteiger partial charge in [-0.1, -0.05) is 104 Å². The monoisotopic (exact) mass is 350 g/mol. The molecule has 0 rings (SSSR count). The van der Waals surface area contributed by atoms with E-state index in [0.29, 0.717) is 0 Å². The van der Waals surface area contributed by atoms with Gasteiger partial charge in [0.05, 0.1) is 0 Å². The normalized spacial score (nSPS) is 16.2. The molecular formula is C24H46O. The van der Waals surface area contributed by atoms with Gasteiger partial charge in [0, 0.05) is 0 Å². The summed E-state index contributed by atoms with van der Waals surface area (Å²) in [4.78, 5) is 0. The van der Waals surface area contributed by atoms with Gasteiger partial charge in [-0.2, -0.15) is 0 Å². The van der Waals surface area contributed by atoms with Crippen molar-refractivity contribution in [1.82, 2.24) is 0 Å². The predicted octanol–water partition coefficient (Wildman–Crippen LogP) is 7.51. The highest BCUT2D eigenvalue weighted by Gasteiger charge is 2.23. The van der Waals surface area contributed by atoms with Crippen LogP contribution in [-0.2, 0) is 0 Å². The summed E-state index contributed by atoms with van der Waals surface area (Å²) in [5, 5.41) is 10.5. The molecule has 0 bridgehead atoms. The van der Waals surface area contributed by atoms with E-state index in [4.69, 9.17) is 6.42 Å². The van der Waals surface area contributed by atoms with Gasteiger partial charge in [-0.25, -0.2) is 0 Å². The zero-order chi connectivity index (χ0) is 19.0. The Balaban J connectivity index is 4.18. The minimum atomic E-state index is -0.861. The number of hydrogen-bond donors (Lipinski definition) is 1. The third-order valence-electron chi connectivity index (χ3n) is 5.74. The van der Waals surface area contributed by atoms with Crippen molar-refractivity contribution in [2.45, 2.75) is 130 Å². The van der Waals surface area contributed by atoms with Crippen LogP contribution < -0.4 is 0 Å². The molecule has 3 unspecified atom stereocenters. The lowest BCUT2D eigenvalue weighted by Crippen LogP contribution is -2.26. The number of aliphatic hydroxyl groups is 1. The van der Waals surface area contributed by atoms with Gasteiger partial charge in [0.15, 0.2) is 0 Å². The maximum Gasteiger partial charge on any atom is 0.125 e. The average Bonchev–Trinajstić information content (AvgIpc) is 2.62. The van der Waals surface area contributed by atoms with E-state index in [1.807, 2.05) is 0 Å². The summed E-state index contributed by atoms with van der Waals surface area (Å²) in [5.74, 6) is 4.37. The van der Waals surface area contributed by atoms with Gasteiger partial charge in [0.1, 0.15) is 5.60 Å². The van der Waals surface area contributed by atoms with Crippen LogP contribution in [0.5, 0.6) is 0 Å². The predicted molar refractivity (Wildman–Crippen MR) is 113 cm³/mol. The van der Waals surface area contributed by atoms with E-state index < -0.39 is 5.60 Å². The minimum Gasteiger partial charge on any atom is -0.378 e. The van der Waals surface area contributed by atoms with Gasteiger partial charge in [-0.15, -0.1) is 6.42 Å². The Morgan fingerprint density at radius 3 is 1.84 bits per heavy atom. The zero-order valence-corrected chi connectivity index (χ0v) is 17.8. The molecule has 0 heterocycles. The van der Waals surface area contributed by atoms with Crippen LogP contribution >= 0.6 is 0 Å². The summed E-state index contributed by atoms with van der Waals surface area (Å²) in [6.45, 7) is 9.13. The highest BCUT2D eigenvalue weighted by molar-refractivity contribution is 5.06. The SMILES string of the molecule is C#CC(O)(CCCC)CCCC(CCCC)CCCC(C)CCCC. The van der Waals surface area contributed by atoms with E-state index in [9.17, 15) is 5.11 Å². The molecule has 148 valence electrons. The Morgan fingerprint density at radius 1 is 0.760 bits per heavy atom. The van der Waals surface area contributed by atoms with E-state index in [1.54, 1.807) is 0 Å². The maximum absolute atomic E-state index is 10.5. The molecule has 1 N–H and O–H groups in total. The molecule has 0 saturated heterocycles. The van der Waals surface area contributed by atoms with Crippen LogP contribution in [-0.4, -0.2) is 10.7 Å². The first-order valence-electron chi connectivity index (χ1n) is 11.2. The zero-order valence-electron chi connectivity index (χ0n) is 17.8. The summed E-state index contributed by atoms with van der Waals surface area (Å²) >= 11 is 0. The Kier molecular flexibility index (Phi) is 15.4. The molecule has 0 aromatic carbocycles. The molecule has 0 aliphatic rings. The first kappa shape index (κ1) is 24.5. The van der Waals surface area contributed by atoms with Crippen molar-refractivity contribution in [3.8, 4) is 12.3 Å². The van der Waals surface area contributed by atoms with Crippen LogP contribution in [0.25, 0.3) is 0 Å². The Labute approximate surface area is 159 Å². The molecule has 0 amide bonds. The standard InChI is InChI=1S/C24H46O/c1-6-10-15-22(5)16-13-18-23(17-11-7-2)19-14-21-24(25,9-4)20-12-8-3/h4,22-23,25H,6-8,10-21H2,1-3,5H3. The fourth-order valence-electron chi connectivity index (χ4n) is 3.80. The molecule has 0 fully saturated rings. The van der Waals surface area contributed by atoms with E-state index in [-0.39, 0.29) is 0 Å². The molecule has 0 aromatic rings. The fourth-order valence-corrected chi connectivity index (χ4v) is 3.80. The van der Waals surface area contributed by atoms with Crippen molar-refractivity contribution in [1.29, 1.82) is 0 Å². The van der Waals surface area contributed by atoms with E-state index in [2.05, 4.69) is 33.6 Å². The van der Waals surface area contributed by atoms with Crippen LogP contribution in [0.2, 0.25) is 0 Å². The van der Waals surface area contributed by atoms with Gasteiger partial charge in [0.2, 0.25) is 0 Å². The van der Waals surface area contributed by atoms with Crippen molar-refractivity contribution in [2.24, 2.45) is 11.8 Å². The van der Waals surface area contributed by atoms with Gasteiger partial charge < -0.3 is 5.11 Å². The maximum atomic E-state index is 10.5. The van der Waals surface area contributed by atoms with Crippen LogP contribution in [0.1, 0.15) is 124 Å². The van der Waals surface area contributed by atoms with Crippen LogP contribution in [0.15, 0.2) is 0 Å². The summed E-state index contributed by atoms with van der Waals surface area (Å²) < 4.78 is 0. The lowest BCUT2D eigenvalue weighted by atomic mass is 9.85. The second-order valence-electron chi connectivity index (χ2n) is 8.36. The Bertz CT molecular complexity index is 329. The largest absolute Gasteiger partial charge is 0.378 e. The molecule has 0 aromatic heterocycles. The smallest absolute Gasteiger partial charge is 0.125 e. The second-order valence-corrected chi connectivity index (χ2v) is 8.36. The number of unbranched alkanes of at least 4 members (excludes halogenated alkanes) is 3. The molecule has 25 heavy (non-hydrogen) atoms. The van der Waals surface area contributed by atoms with Crippen LogP contribution in [0.3, 0.4) is 0 Å². The summed E-state index contributed by atoms with van der Waals surface area (Å²) in [6, 6.07) is 0. The second kappa shape index (κ2) is 15.7. The van der Waals surface area contributed by atoms with Gasteiger partial charge in [-0.05, 0) is 37.5 Å². The number of terminal acetylenes is 1. The van der Waals surface area contributed by atoms with Crippen molar-refractivity contribution < 1.29 is 5.11 Å². The third-order valence-corrected chi connectivity index (χ3v) is 5.74. The van der Waals surface area contributed by atoms with Crippen LogP contribution in [0.4, 0.5) is 0 Å². The molecule has 0 aliphatic carbocycles. The molecule has 3 atom stereocenters. The quantitative estimate of drug-likeness (QED) is 0.269. The first-order chi connectivity index (χ1) is 12.0. The molecule has 1 nitrogen and oxygen atoms in total. The first-order valence-corrected chi connectivity index (χ1v) is 11.2. The van der Waals surface area contributed by atoms with Crippen LogP contribution in [0, 0.1) is 24.2 Å². The molecular weight excluding hydrogens is 304 g/mol. The average molecular weight is 351 g/mol. The fraction of sp³-hybridized carbons (Fsp3) is 0.917. The van der Waals surface area contributed by atoms with Crippen molar-refractivity contribution in [3.63, 3.8) is 0 Å². The highest BCUT2D eigenvalue weighted by atomic mass is 16.3. The lowest BCUT2D eigenvalue weighted by Gasteiger charge is -2.24. The van der Waals surface area contributed by atoms with Crippen molar-refractivity contribution in [2.75, 3.05) is 0 Å². The molecule has 0 radical (unpaired) electrons. The van der Waals surface area contributed by atoms with E-state index >= 15 is 0 Å². The third kappa shape index (κ3) is 13.4. The number of rotatable bonds is 17. The topological polar surface area (TPSA) is 20.2 Å². The molecule has 0 saturated carbocycles. The van der Waals surface area contributed by atoms with E-state index in [1.165, 1.54) is 64.2 Å². The van der Waals surface area contributed by atoms with Crippen molar-refractivity contribution in [3.05, 3.63) is 0 Å². The van der Waals surface area contributed by atoms with Gasteiger partial charge in [0.25, 0.3) is 0 Å². The highest BCUT2D eigenvalue weighted by Crippen LogP contribution is 2.27. The minimum absolute atomic E-state index is 0.759. The summed E-state index contributed by atoms with van der Waals surface area (Å²) in [5.41, 5.74) is -0.861. The summed E-state index contributed by atoms with van der Waals surface area (Å²) in [7, 11) is 0. The molecule has 0 aliphatic heterocycles. The Hall–Kier alpha value is -0.480. The van der Waals surface area contributed by atoms with E-state index in [0.717, 1.165) is 43.9 Å². The molecule has 0 spiro atoms. The van der Waals surface area contributed by atoms with Crippen molar-refractivity contribution >= 4 is 0 Å².